The lowest BCUT2D eigenvalue weighted by Gasteiger charge is -2.04. The van der Waals surface area contributed by atoms with E-state index in [1.165, 1.54) is 0 Å². The Hall–Kier alpha value is -2.46. The van der Waals surface area contributed by atoms with Crippen LogP contribution in [0.3, 0.4) is 0 Å². The Bertz CT molecular complexity index is 637. The van der Waals surface area contributed by atoms with Gasteiger partial charge in [-0.1, -0.05) is 36.4 Å². The fraction of sp³-hybridized carbons (Fsp3) is 0. The molecule has 0 saturated carbocycles. The molecule has 90 valence electrons. The van der Waals surface area contributed by atoms with Crippen molar-refractivity contribution in [2.75, 3.05) is 5.32 Å². The number of para-hydroxylation sites is 2. The molecule has 0 bridgehead atoms. The van der Waals surface area contributed by atoms with Crippen molar-refractivity contribution < 1.29 is 0 Å². The summed E-state index contributed by atoms with van der Waals surface area (Å²) in [6.45, 7) is 0. The van der Waals surface area contributed by atoms with E-state index in [0.29, 0.717) is 5.95 Å². The molecule has 0 saturated heterocycles. The van der Waals surface area contributed by atoms with Gasteiger partial charge in [0.05, 0.1) is 5.52 Å². The average molecular weight is 238 g/mol. The number of anilines is 2. The smallest absolute Gasteiger partial charge is 0.227 e. The number of aromatic nitrogens is 2. The topological polar surface area (TPSA) is 72.8 Å². The molecule has 0 unspecified atom stereocenters. The molecule has 0 aliphatic carbocycles. The van der Waals surface area contributed by atoms with E-state index in [4.69, 9.17) is 0 Å². The van der Waals surface area contributed by atoms with E-state index in [0.717, 1.165) is 16.6 Å². The minimum Gasteiger partial charge on any atom is -0.344 e. The third kappa shape index (κ3) is 2.44. The van der Waals surface area contributed by atoms with Gasteiger partial charge in [0, 0.05) is 17.3 Å². The summed E-state index contributed by atoms with van der Waals surface area (Å²) in [6, 6.07) is 17.8. The predicted molar refractivity (Wildman–Crippen MR) is 74.3 cm³/mol. The maximum Gasteiger partial charge on any atom is 0.227 e. The van der Waals surface area contributed by atoms with Gasteiger partial charge in [-0.3, -0.25) is 0 Å². The minimum atomic E-state index is 0. The highest BCUT2D eigenvalue weighted by Gasteiger charge is 1.99. The Morgan fingerprint density at radius 2 is 1.56 bits per heavy atom. The molecule has 1 aromatic heterocycles. The molecular weight excluding hydrogens is 224 g/mol. The molecule has 4 nitrogen and oxygen atoms in total. The summed E-state index contributed by atoms with van der Waals surface area (Å²) < 4.78 is 0. The van der Waals surface area contributed by atoms with Crippen molar-refractivity contribution in [3.8, 4) is 0 Å². The van der Waals surface area contributed by atoms with Crippen molar-refractivity contribution in [2.45, 2.75) is 0 Å². The lowest BCUT2D eigenvalue weighted by molar-refractivity contribution is 1.21. The van der Waals surface area contributed by atoms with Crippen LogP contribution < -0.4 is 11.5 Å². The van der Waals surface area contributed by atoms with E-state index in [1.54, 1.807) is 0 Å². The van der Waals surface area contributed by atoms with Crippen LogP contribution in [0, 0.1) is 0 Å². The number of nitrogens with one attached hydrogen (secondary N) is 1. The molecule has 0 spiro atoms. The van der Waals surface area contributed by atoms with Crippen LogP contribution >= 0.6 is 0 Å². The van der Waals surface area contributed by atoms with Gasteiger partial charge in [-0.05, 0) is 18.2 Å². The summed E-state index contributed by atoms with van der Waals surface area (Å²) in [6.07, 6.45) is 1.83. The molecule has 0 fully saturated rings. The van der Waals surface area contributed by atoms with Crippen molar-refractivity contribution in [1.29, 1.82) is 0 Å². The van der Waals surface area contributed by atoms with Crippen molar-refractivity contribution in [3.63, 3.8) is 0 Å². The Morgan fingerprint density at radius 1 is 0.833 bits per heavy atom. The molecule has 18 heavy (non-hydrogen) atoms. The molecule has 0 amide bonds. The van der Waals surface area contributed by atoms with Gasteiger partial charge in [0.25, 0.3) is 0 Å². The first kappa shape index (κ1) is 12.0. The molecule has 0 atom stereocenters. The quantitative estimate of drug-likeness (QED) is 0.716. The lowest BCUT2D eigenvalue weighted by Crippen LogP contribution is -1.96. The number of hydrogen-bond donors (Lipinski definition) is 2. The van der Waals surface area contributed by atoms with Crippen molar-refractivity contribution in [1.82, 2.24) is 16.1 Å². The predicted octanol–water partition coefficient (Wildman–Crippen LogP) is 3.54. The minimum absolute atomic E-state index is 0. The summed E-state index contributed by atoms with van der Waals surface area (Å²) in [5.41, 5.74) is 1.93. The third-order valence-electron chi connectivity index (χ3n) is 2.52. The van der Waals surface area contributed by atoms with E-state index in [1.807, 2.05) is 60.8 Å². The second-order valence-electron chi connectivity index (χ2n) is 3.74. The van der Waals surface area contributed by atoms with E-state index in [2.05, 4.69) is 15.3 Å². The second-order valence-corrected chi connectivity index (χ2v) is 3.74. The zero-order valence-corrected chi connectivity index (χ0v) is 9.88. The molecule has 3 aromatic rings. The molecule has 0 radical (unpaired) electrons. The Labute approximate surface area is 105 Å². The van der Waals surface area contributed by atoms with Gasteiger partial charge in [-0.2, -0.15) is 0 Å². The van der Waals surface area contributed by atoms with Gasteiger partial charge >= 0.3 is 0 Å². The molecule has 0 aliphatic heterocycles. The van der Waals surface area contributed by atoms with Gasteiger partial charge < -0.3 is 11.5 Å². The summed E-state index contributed by atoms with van der Waals surface area (Å²) in [7, 11) is 0. The number of nitrogens with zero attached hydrogens (tertiary/aromatic N) is 2. The van der Waals surface area contributed by atoms with Crippen molar-refractivity contribution in [3.05, 3.63) is 60.8 Å². The molecular formula is C14H14N4. The fourth-order valence-corrected chi connectivity index (χ4v) is 1.68. The number of benzene rings is 2. The highest BCUT2D eigenvalue weighted by molar-refractivity contribution is 5.78. The zero-order chi connectivity index (χ0) is 11.5. The number of rotatable bonds is 2. The Balaban J connectivity index is 0.00000120. The van der Waals surface area contributed by atoms with Crippen LogP contribution in [-0.2, 0) is 0 Å². The van der Waals surface area contributed by atoms with E-state index in [9.17, 15) is 0 Å². The average Bonchev–Trinajstić information content (AvgIpc) is 2.40. The maximum atomic E-state index is 4.45. The van der Waals surface area contributed by atoms with E-state index >= 15 is 0 Å². The number of fused-ring (bicyclic) bond motifs is 1. The van der Waals surface area contributed by atoms with Gasteiger partial charge in [-0.25, -0.2) is 9.97 Å². The van der Waals surface area contributed by atoms with Crippen LogP contribution in [0.25, 0.3) is 10.9 Å². The first-order chi connectivity index (χ1) is 8.42. The molecule has 2 aromatic carbocycles. The highest BCUT2D eigenvalue weighted by atomic mass is 15.1. The summed E-state index contributed by atoms with van der Waals surface area (Å²) in [4.78, 5) is 8.73. The molecule has 4 N–H and O–H groups in total. The van der Waals surface area contributed by atoms with Gasteiger partial charge in [-0.15, -0.1) is 0 Å². The standard InChI is InChI=1S/C14H11N3.H3N/c1-2-7-12(8-3-1)16-14-15-10-11-6-4-5-9-13(11)17-14;/h1-10H,(H,15,16,17);1H3. The van der Waals surface area contributed by atoms with Gasteiger partial charge in [0.1, 0.15) is 0 Å². The van der Waals surface area contributed by atoms with Gasteiger partial charge in [0.15, 0.2) is 0 Å². The molecule has 4 heteroatoms. The highest BCUT2D eigenvalue weighted by Crippen LogP contribution is 2.15. The van der Waals surface area contributed by atoms with Crippen LogP contribution in [0.4, 0.5) is 11.6 Å². The largest absolute Gasteiger partial charge is 0.344 e. The summed E-state index contributed by atoms with van der Waals surface area (Å²) >= 11 is 0. The van der Waals surface area contributed by atoms with Crippen molar-refractivity contribution >= 4 is 22.5 Å². The lowest BCUT2D eigenvalue weighted by atomic mass is 10.2. The number of hydrogen-bond acceptors (Lipinski definition) is 4. The first-order valence-corrected chi connectivity index (χ1v) is 5.46. The van der Waals surface area contributed by atoms with E-state index in [-0.39, 0.29) is 6.15 Å². The monoisotopic (exact) mass is 238 g/mol. The summed E-state index contributed by atoms with van der Waals surface area (Å²) in [5, 5.41) is 4.22. The SMILES string of the molecule is N.c1ccc(Nc2ncc3ccccc3n2)cc1. The van der Waals surface area contributed by atoms with Crippen LogP contribution in [0.1, 0.15) is 0 Å². The Kier molecular flexibility index (Phi) is 3.50. The fourth-order valence-electron chi connectivity index (χ4n) is 1.68. The van der Waals surface area contributed by atoms with Crippen LogP contribution in [0.15, 0.2) is 60.8 Å². The third-order valence-corrected chi connectivity index (χ3v) is 2.52. The molecule has 0 aliphatic rings. The van der Waals surface area contributed by atoms with Crippen LogP contribution in [-0.4, -0.2) is 9.97 Å². The van der Waals surface area contributed by atoms with Crippen LogP contribution in [0.5, 0.6) is 0 Å². The van der Waals surface area contributed by atoms with Crippen LogP contribution in [0.2, 0.25) is 0 Å². The molecule has 1 heterocycles. The normalized spacial score (nSPS) is 9.78. The van der Waals surface area contributed by atoms with Crippen molar-refractivity contribution in [2.24, 2.45) is 0 Å². The first-order valence-electron chi connectivity index (χ1n) is 5.46. The second kappa shape index (κ2) is 5.25. The zero-order valence-electron chi connectivity index (χ0n) is 9.88. The summed E-state index contributed by atoms with van der Waals surface area (Å²) in [5.74, 6) is 0.620. The molecule has 3 rings (SSSR count). The maximum absolute atomic E-state index is 4.45. The Morgan fingerprint density at radius 3 is 2.39 bits per heavy atom. The van der Waals surface area contributed by atoms with Gasteiger partial charge in [0.2, 0.25) is 5.95 Å². The van der Waals surface area contributed by atoms with E-state index < -0.39 is 0 Å².